The summed E-state index contributed by atoms with van der Waals surface area (Å²) in [5.74, 6) is -1.38. The Labute approximate surface area is 106 Å². The zero-order valence-corrected chi connectivity index (χ0v) is 9.63. The van der Waals surface area contributed by atoms with Crippen LogP contribution < -0.4 is 16.8 Å². The standard InChI is InChI=1S/C12H11F4N3/c13-10-5-7(1-2-9(10)12(14,15)16)11(18)6-8(17)3-4-19-11/h1-6,19H,17-18H2. The van der Waals surface area contributed by atoms with Gasteiger partial charge in [0.15, 0.2) is 0 Å². The number of halogens is 4. The molecule has 2 rings (SSSR count). The van der Waals surface area contributed by atoms with E-state index in [1.165, 1.54) is 18.4 Å². The van der Waals surface area contributed by atoms with Crippen LogP contribution in [0.15, 0.2) is 42.2 Å². The molecule has 1 unspecified atom stereocenters. The zero-order chi connectivity index (χ0) is 14.3. The van der Waals surface area contributed by atoms with Gasteiger partial charge in [-0.15, -0.1) is 0 Å². The highest BCUT2D eigenvalue weighted by atomic mass is 19.4. The van der Waals surface area contributed by atoms with E-state index < -0.39 is 23.2 Å². The summed E-state index contributed by atoms with van der Waals surface area (Å²) >= 11 is 0. The van der Waals surface area contributed by atoms with Crippen LogP contribution >= 0.6 is 0 Å². The van der Waals surface area contributed by atoms with Gasteiger partial charge in [-0.05, 0) is 29.8 Å². The predicted octanol–water partition coefficient (Wildman–Crippen LogP) is 1.92. The number of nitrogens with one attached hydrogen (secondary N) is 1. The molecule has 7 heteroatoms. The lowest BCUT2D eigenvalue weighted by Crippen LogP contribution is -2.48. The Morgan fingerprint density at radius 2 is 1.89 bits per heavy atom. The summed E-state index contributed by atoms with van der Waals surface area (Å²) in [6.07, 6.45) is -0.357. The summed E-state index contributed by atoms with van der Waals surface area (Å²) in [5.41, 5.74) is 9.32. The molecule has 0 bridgehead atoms. The maximum Gasteiger partial charge on any atom is 0.419 e. The van der Waals surface area contributed by atoms with Crippen LogP contribution in [0.4, 0.5) is 17.6 Å². The minimum absolute atomic E-state index is 0.144. The molecule has 3 nitrogen and oxygen atoms in total. The molecule has 0 fully saturated rings. The number of rotatable bonds is 1. The highest BCUT2D eigenvalue weighted by molar-refractivity contribution is 5.38. The molecule has 102 valence electrons. The van der Waals surface area contributed by atoms with Gasteiger partial charge >= 0.3 is 6.18 Å². The topological polar surface area (TPSA) is 64.1 Å². The van der Waals surface area contributed by atoms with Crippen LogP contribution in [0.2, 0.25) is 0 Å². The molecule has 0 aliphatic carbocycles. The maximum absolute atomic E-state index is 13.5. The minimum atomic E-state index is -4.74. The van der Waals surface area contributed by atoms with Crippen molar-refractivity contribution < 1.29 is 17.6 Å². The van der Waals surface area contributed by atoms with Gasteiger partial charge in [-0.3, -0.25) is 0 Å². The molecule has 1 aromatic rings. The van der Waals surface area contributed by atoms with Crippen LogP contribution in [0.1, 0.15) is 11.1 Å². The van der Waals surface area contributed by atoms with Gasteiger partial charge < -0.3 is 16.8 Å². The van der Waals surface area contributed by atoms with Crippen LogP contribution in [-0.4, -0.2) is 0 Å². The van der Waals surface area contributed by atoms with Gasteiger partial charge in [-0.25, -0.2) is 4.39 Å². The van der Waals surface area contributed by atoms with Crippen LogP contribution in [0, 0.1) is 5.82 Å². The first-order valence-corrected chi connectivity index (χ1v) is 5.31. The first kappa shape index (κ1) is 13.4. The molecule has 5 N–H and O–H groups in total. The van der Waals surface area contributed by atoms with Gasteiger partial charge in [0.2, 0.25) is 0 Å². The Morgan fingerprint density at radius 1 is 1.21 bits per heavy atom. The number of allylic oxidation sites excluding steroid dienone is 1. The second-order valence-corrected chi connectivity index (χ2v) is 4.18. The largest absolute Gasteiger partial charge is 0.419 e. The molecular formula is C12H11F4N3. The van der Waals surface area contributed by atoms with Crippen molar-refractivity contribution in [3.63, 3.8) is 0 Å². The summed E-state index contributed by atoms with van der Waals surface area (Å²) < 4.78 is 50.8. The first-order chi connectivity index (χ1) is 8.72. The first-order valence-electron chi connectivity index (χ1n) is 5.31. The number of nitrogens with two attached hydrogens (primary N) is 2. The number of alkyl halides is 3. The maximum atomic E-state index is 13.5. The van der Waals surface area contributed by atoms with Gasteiger partial charge in [0.1, 0.15) is 11.5 Å². The quantitative estimate of drug-likeness (QED) is 0.685. The van der Waals surface area contributed by atoms with E-state index in [0.29, 0.717) is 11.8 Å². The number of dihydropyridines is 1. The second-order valence-electron chi connectivity index (χ2n) is 4.18. The smallest absolute Gasteiger partial charge is 0.399 e. The fourth-order valence-corrected chi connectivity index (χ4v) is 1.80. The van der Waals surface area contributed by atoms with Crippen molar-refractivity contribution in [1.29, 1.82) is 0 Å². The molecule has 0 amide bonds. The molecule has 0 radical (unpaired) electrons. The minimum Gasteiger partial charge on any atom is -0.399 e. The van der Waals surface area contributed by atoms with Crippen LogP contribution in [-0.2, 0) is 11.8 Å². The molecule has 1 aliphatic rings. The molecule has 1 aromatic carbocycles. The molecular weight excluding hydrogens is 262 g/mol. The fraction of sp³-hybridized carbons (Fsp3) is 0.167. The molecule has 19 heavy (non-hydrogen) atoms. The lowest BCUT2D eigenvalue weighted by molar-refractivity contribution is -0.140. The molecule has 0 saturated heterocycles. The summed E-state index contributed by atoms with van der Waals surface area (Å²) in [4.78, 5) is 0. The van der Waals surface area contributed by atoms with Crippen LogP contribution in [0.25, 0.3) is 0 Å². The Bertz CT molecular complexity index is 563. The zero-order valence-electron chi connectivity index (χ0n) is 9.63. The summed E-state index contributed by atoms with van der Waals surface area (Å²) in [6.45, 7) is 0. The van der Waals surface area contributed by atoms with Crippen molar-refractivity contribution in [3.8, 4) is 0 Å². The van der Waals surface area contributed by atoms with E-state index in [9.17, 15) is 17.6 Å². The lowest BCUT2D eigenvalue weighted by atomic mass is 9.96. The van der Waals surface area contributed by atoms with Crippen molar-refractivity contribution in [2.45, 2.75) is 11.8 Å². The van der Waals surface area contributed by atoms with Crippen molar-refractivity contribution in [2.75, 3.05) is 0 Å². The molecule has 0 aromatic heterocycles. The van der Waals surface area contributed by atoms with E-state index in [1.54, 1.807) is 0 Å². The molecule has 0 spiro atoms. The monoisotopic (exact) mass is 273 g/mol. The number of benzene rings is 1. The summed E-state index contributed by atoms with van der Waals surface area (Å²) in [6, 6.07) is 2.52. The predicted molar refractivity (Wildman–Crippen MR) is 61.8 cm³/mol. The van der Waals surface area contributed by atoms with Crippen LogP contribution in [0.5, 0.6) is 0 Å². The van der Waals surface area contributed by atoms with Crippen LogP contribution in [0.3, 0.4) is 0 Å². The third-order valence-electron chi connectivity index (χ3n) is 2.74. The highest BCUT2D eigenvalue weighted by Gasteiger charge is 2.35. The van der Waals surface area contributed by atoms with Crippen molar-refractivity contribution in [2.24, 2.45) is 11.5 Å². The number of hydrogen-bond donors (Lipinski definition) is 3. The third-order valence-corrected chi connectivity index (χ3v) is 2.74. The van der Waals surface area contributed by atoms with Gasteiger partial charge in [0.25, 0.3) is 0 Å². The Hall–Kier alpha value is -2.02. The van der Waals surface area contributed by atoms with Crippen molar-refractivity contribution in [1.82, 2.24) is 5.32 Å². The molecule has 1 atom stereocenters. The van der Waals surface area contributed by atoms with E-state index >= 15 is 0 Å². The Morgan fingerprint density at radius 3 is 2.42 bits per heavy atom. The van der Waals surface area contributed by atoms with Gasteiger partial charge in [-0.1, -0.05) is 6.07 Å². The van der Waals surface area contributed by atoms with E-state index in [-0.39, 0.29) is 5.56 Å². The van der Waals surface area contributed by atoms with E-state index in [1.807, 2.05) is 0 Å². The summed E-state index contributed by atoms with van der Waals surface area (Å²) in [7, 11) is 0. The lowest BCUT2D eigenvalue weighted by Gasteiger charge is -2.30. The molecule has 0 saturated carbocycles. The summed E-state index contributed by atoms with van der Waals surface area (Å²) in [5, 5.41) is 2.72. The van der Waals surface area contributed by atoms with Gasteiger partial charge in [-0.2, -0.15) is 13.2 Å². The van der Waals surface area contributed by atoms with E-state index in [2.05, 4.69) is 5.32 Å². The Balaban J connectivity index is 2.44. The van der Waals surface area contributed by atoms with E-state index in [0.717, 1.165) is 12.1 Å². The van der Waals surface area contributed by atoms with Crippen molar-refractivity contribution in [3.05, 3.63) is 59.2 Å². The van der Waals surface area contributed by atoms with Gasteiger partial charge in [0.05, 0.1) is 5.56 Å². The fourth-order valence-electron chi connectivity index (χ4n) is 1.80. The Kier molecular flexibility index (Phi) is 3.01. The highest BCUT2D eigenvalue weighted by Crippen LogP contribution is 2.33. The second kappa shape index (κ2) is 4.27. The van der Waals surface area contributed by atoms with Crippen molar-refractivity contribution >= 4 is 0 Å². The SMILES string of the molecule is NC1=CC(N)(c2ccc(C(F)(F)F)c(F)c2)NC=C1. The van der Waals surface area contributed by atoms with E-state index in [4.69, 9.17) is 11.5 Å². The average molecular weight is 273 g/mol. The molecule has 1 aliphatic heterocycles. The number of hydrogen-bond acceptors (Lipinski definition) is 3. The normalized spacial score (nSPS) is 22.9. The average Bonchev–Trinajstić information content (AvgIpc) is 2.26. The van der Waals surface area contributed by atoms with Gasteiger partial charge in [0, 0.05) is 11.9 Å². The molecule has 1 heterocycles. The third kappa shape index (κ3) is 2.55.